The smallest absolute Gasteiger partial charge is 0.545 e. The topological polar surface area (TPSA) is 103 Å². The Balaban J connectivity index is -0.0000000417. The van der Waals surface area contributed by atoms with E-state index >= 15 is 0 Å². The molecule has 0 spiro atoms. The van der Waals surface area contributed by atoms with Crippen LogP contribution in [0.15, 0.2) is 12.2 Å². The minimum absolute atomic E-state index is 0. The summed E-state index contributed by atoms with van der Waals surface area (Å²) >= 11 is 0. The molecule has 4 N–H and O–H groups in total. The fraction of sp³-hybridized carbons (Fsp3) is 0.250. The molecule has 0 atom stereocenters. The van der Waals surface area contributed by atoms with Gasteiger partial charge >= 0.3 is 29.6 Å². The van der Waals surface area contributed by atoms with E-state index in [1.165, 1.54) is 6.08 Å². The molecule has 0 amide bonds. The van der Waals surface area contributed by atoms with Crippen LogP contribution in [0.2, 0.25) is 0 Å². The van der Waals surface area contributed by atoms with Crippen molar-refractivity contribution < 1.29 is 50.4 Å². The summed E-state index contributed by atoms with van der Waals surface area (Å²) in [6.45, 7) is 1.62. The van der Waals surface area contributed by atoms with E-state index < -0.39 is 5.97 Å². The summed E-state index contributed by atoms with van der Waals surface area (Å²) in [5, 5.41) is 9.40. The maximum Gasteiger partial charge on any atom is 1.00 e. The van der Waals surface area contributed by atoms with Crippen molar-refractivity contribution >= 4 is 5.97 Å². The van der Waals surface area contributed by atoms with Gasteiger partial charge in [0.1, 0.15) is 0 Å². The molecule has 0 rings (SSSR count). The van der Waals surface area contributed by atoms with Gasteiger partial charge in [0, 0.05) is 0 Å². The van der Waals surface area contributed by atoms with Gasteiger partial charge in [-0.15, -0.1) is 0 Å². The zero-order valence-corrected chi connectivity index (χ0v) is 7.47. The zero-order chi connectivity index (χ0) is 4.99. The van der Waals surface area contributed by atoms with Crippen molar-refractivity contribution in [2.24, 2.45) is 0 Å². The first-order chi connectivity index (χ1) is 2.77. The second kappa shape index (κ2) is 15.7. The standard InChI is InChI=1S/C4H6O2.Na.2H2O/c1-2-3-4(5)6;;;/h2-3H,1H3,(H,5,6);;2*1H2/q;+1;;/p-1. The van der Waals surface area contributed by atoms with Crippen LogP contribution in [0.1, 0.15) is 6.92 Å². The maximum absolute atomic E-state index is 9.40. The van der Waals surface area contributed by atoms with Crippen molar-refractivity contribution in [3.05, 3.63) is 12.2 Å². The fourth-order valence-corrected chi connectivity index (χ4v) is 0.136. The Bertz CT molecular complexity index is 80.6. The number of hydrogen-bond acceptors (Lipinski definition) is 2. The summed E-state index contributed by atoms with van der Waals surface area (Å²) in [5.41, 5.74) is 0. The van der Waals surface area contributed by atoms with Gasteiger partial charge in [0.15, 0.2) is 0 Å². The molecule has 0 radical (unpaired) electrons. The quantitative estimate of drug-likeness (QED) is 0.271. The van der Waals surface area contributed by atoms with Crippen molar-refractivity contribution in [1.29, 1.82) is 0 Å². The van der Waals surface area contributed by atoms with E-state index in [0.29, 0.717) is 0 Å². The SMILES string of the molecule is CC=CC(=O)[O-].O.O.[Na+]. The molecule has 0 aromatic carbocycles. The first-order valence-electron chi connectivity index (χ1n) is 1.61. The normalized spacial score (nSPS) is 6.33. The maximum atomic E-state index is 9.40. The molecule has 0 saturated carbocycles. The van der Waals surface area contributed by atoms with Gasteiger partial charge in [-0.1, -0.05) is 6.08 Å². The van der Waals surface area contributed by atoms with E-state index in [1.807, 2.05) is 0 Å². The minimum atomic E-state index is -1.14. The molecular formula is C4H9NaO4. The Labute approximate surface area is 75.5 Å². The summed E-state index contributed by atoms with van der Waals surface area (Å²) in [6.07, 6.45) is 2.38. The minimum Gasteiger partial charge on any atom is -0.545 e. The summed E-state index contributed by atoms with van der Waals surface area (Å²) < 4.78 is 0. The third-order valence-electron chi connectivity index (χ3n) is 0.303. The van der Waals surface area contributed by atoms with E-state index in [2.05, 4.69) is 0 Å². The summed E-state index contributed by atoms with van der Waals surface area (Å²) in [4.78, 5) is 9.40. The van der Waals surface area contributed by atoms with Gasteiger partial charge < -0.3 is 20.9 Å². The zero-order valence-electron chi connectivity index (χ0n) is 5.47. The molecule has 50 valence electrons. The van der Waals surface area contributed by atoms with Gasteiger partial charge in [-0.25, -0.2) is 0 Å². The largest absolute Gasteiger partial charge is 1.00 e. The Morgan fingerprint density at radius 1 is 1.44 bits per heavy atom. The van der Waals surface area contributed by atoms with Crippen LogP contribution < -0.4 is 34.7 Å². The van der Waals surface area contributed by atoms with Gasteiger partial charge in [-0.2, -0.15) is 0 Å². The van der Waals surface area contributed by atoms with Crippen LogP contribution in [0.4, 0.5) is 0 Å². The van der Waals surface area contributed by atoms with Crippen LogP contribution in [0.5, 0.6) is 0 Å². The number of carbonyl (C=O) groups excluding carboxylic acids is 1. The average molecular weight is 144 g/mol. The second-order valence-corrected chi connectivity index (χ2v) is 0.819. The molecule has 0 aliphatic carbocycles. The van der Waals surface area contributed by atoms with Crippen LogP contribution in [0.3, 0.4) is 0 Å². The first-order valence-corrected chi connectivity index (χ1v) is 1.61. The predicted molar refractivity (Wildman–Crippen MR) is 27.0 cm³/mol. The molecule has 0 bridgehead atoms. The molecular weight excluding hydrogens is 135 g/mol. The van der Waals surface area contributed by atoms with Gasteiger partial charge in [-0.05, 0) is 13.0 Å². The van der Waals surface area contributed by atoms with E-state index in [9.17, 15) is 9.90 Å². The fourth-order valence-electron chi connectivity index (χ4n) is 0.136. The van der Waals surface area contributed by atoms with Crippen molar-refractivity contribution in [1.82, 2.24) is 0 Å². The average Bonchev–Trinajstić information content (AvgIpc) is 1.35. The van der Waals surface area contributed by atoms with Crippen molar-refractivity contribution in [3.8, 4) is 0 Å². The molecule has 0 unspecified atom stereocenters. The first kappa shape index (κ1) is 22.9. The van der Waals surface area contributed by atoms with E-state index in [1.54, 1.807) is 6.92 Å². The Morgan fingerprint density at radius 3 is 1.78 bits per heavy atom. The number of carboxylic acid groups (broad SMARTS) is 1. The molecule has 0 aromatic heterocycles. The van der Waals surface area contributed by atoms with Crippen LogP contribution >= 0.6 is 0 Å². The van der Waals surface area contributed by atoms with Gasteiger partial charge in [0.25, 0.3) is 0 Å². The molecule has 0 aromatic rings. The summed E-state index contributed by atoms with van der Waals surface area (Å²) in [6, 6.07) is 0. The number of carbonyl (C=O) groups is 1. The van der Waals surface area contributed by atoms with Crippen molar-refractivity contribution in [2.75, 3.05) is 0 Å². The molecule has 0 fully saturated rings. The summed E-state index contributed by atoms with van der Waals surface area (Å²) in [7, 11) is 0. The Hall–Kier alpha value is 0.130. The molecule has 5 heteroatoms. The number of hydrogen-bond donors (Lipinski definition) is 0. The molecule has 4 nitrogen and oxygen atoms in total. The Kier molecular flexibility index (Phi) is 40.0. The number of carboxylic acids is 1. The van der Waals surface area contributed by atoms with Gasteiger partial charge in [0.05, 0.1) is 5.97 Å². The second-order valence-electron chi connectivity index (χ2n) is 0.819. The molecule has 0 aliphatic rings. The van der Waals surface area contributed by atoms with Gasteiger partial charge in [-0.3, -0.25) is 0 Å². The van der Waals surface area contributed by atoms with Crippen LogP contribution in [0.25, 0.3) is 0 Å². The third-order valence-corrected chi connectivity index (χ3v) is 0.303. The molecule has 0 saturated heterocycles. The molecule has 0 heterocycles. The predicted octanol–water partition coefficient (Wildman–Crippen LogP) is -5.33. The number of rotatable bonds is 1. The van der Waals surface area contributed by atoms with Crippen molar-refractivity contribution in [3.63, 3.8) is 0 Å². The third kappa shape index (κ3) is 31.2. The van der Waals surface area contributed by atoms with Gasteiger partial charge in [0.2, 0.25) is 0 Å². The van der Waals surface area contributed by atoms with E-state index in [4.69, 9.17) is 0 Å². The van der Waals surface area contributed by atoms with Crippen LogP contribution in [0, 0.1) is 0 Å². The van der Waals surface area contributed by atoms with E-state index in [0.717, 1.165) is 6.08 Å². The summed E-state index contributed by atoms with van der Waals surface area (Å²) in [5.74, 6) is -1.14. The molecule has 0 aliphatic heterocycles. The van der Waals surface area contributed by atoms with E-state index in [-0.39, 0.29) is 40.5 Å². The number of aliphatic carboxylic acids is 1. The van der Waals surface area contributed by atoms with Crippen LogP contribution in [-0.4, -0.2) is 16.9 Å². The number of allylic oxidation sites excluding steroid dienone is 1. The monoisotopic (exact) mass is 144 g/mol. The van der Waals surface area contributed by atoms with Crippen LogP contribution in [-0.2, 0) is 4.79 Å². The van der Waals surface area contributed by atoms with Crippen molar-refractivity contribution in [2.45, 2.75) is 6.92 Å². The molecule has 9 heavy (non-hydrogen) atoms. The Morgan fingerprint density at radius 2 is 1.78 bits per heavy atom.